The molecule has 4 heteroatoms. The predicted octanol–water partition coefficient (Wildman–Crippen LogP) is 7.16. The van der Waals surface area contributed by atoms with E-state index in [4.69, 9.17) is 16.1 Å². The van der Waals surface area contributed by atoms with Gasteiger partial charge >= 0.3 is 0 Å². The first-order chi connectivity index (χ1) is 12.4. The largest absolute Gasteiger partial charge is 0.356 e. The van der Waals surface area contributed by atoms with Crippen molar-refractivity contribution in [3.05, 3.63) is 75.4 Å². The monoisotopic (exact) mass is 383 g/mol. The molecule has 0 bridgehead atoms. The molecule has 1 aromatic heterocycles. The van der Waals surface area contributed by atoms with E-state index in [0.29, 0.717) is 0 Å². The highest BCUT2D eigenvalue weighted by atomic mass is 35.5. The number of rotatable bonds is 5. The molecule has 0 saturated carbocycles. The van der Waals surface area contributed by atoms with Gasteiger partial charge in [0.25, 0.3) is 0 Å². The summed E-state index contributed by atoms with van der Waals surface area (Å²) in [5.41, 5.74) is 6.77. The average molecular weight is 384 g/mol. The molecule has 0 saturated heterocycles. The number of hydrogen-bond donors (Lipinski definition) is 0. The minimum absolute atomic E-state index is 0.783. The molecular formula is C22H22ClNOS. The van der Waals surface area contributed by atoms with E-state index >= 15 is 0 Å². The van der Waals surface area contributed by atoms with Gasteiger partial charge in [0.05, 0.1) is 5.69 Å². The van der Waals surface area contributed by atoms with Gasteiger partial charge in [-0.05, 0) is 51.0 Å². The van der Waals surface area contributed by atoms with Crippen molar-refractivity contribution in [2.45, 2.75) is 38.3 Å². The molecule has 3 rings (SSSR count). The standard InChI is InChI=1S/C22H22ClNOS/c1-14-5-8-19(9-6-14)22-17(4)20(24-25-22)13-26-21-10-7-18(11-15(21)2)12-16(3)23/h5-12H,13H2,1-4H3/b16-12-. The average Bonchev–Trinajstić information content (AvgIpc) is 2.95. The van der Waals surface area contributed by atoms with Gasteiger partial charge in [-0.1, -0.05) is 58.7 Å². The summed E-state index contributed by atoms with van der Waals surface area (Å²) < 4.78 is 5.62. The van der Waals surface area contributed by atoms with Gasteiger partial charge in [-0.25, -0.2) is 0 Å². The first kappa shape index (κ1) is 18.8. The van der Waals surface area contributed by atoms with Crippen molar-refractivity contribution in [2.75, 3.05) is 0 Å². The highest BCUT2D eigenvalue weighted by Gasteiger charge is 2.14. The van der Waals surface area contributed by atoms with Crippen molar-refractivity contribution in [1.29, 1.82) is 0 Å². The molecular weight excluding hydrogens is 362 g/mol. The van der Waals surface area contributed by atoms with Crippen molar-refractivity contribution in [1.82, 2.24) is 5.16 Å². The van der Waals surface area contributed by atoms with E-state index in [2.05, 4.69) is 68.4 Å². The fourth-order valence-electron chi connectivity index (χ4n) is 2.78. The van der Waals surface area contributed by atoms with E-state index in [1.807, 2.05) is 13.0 Å². The number of hydrogen-bond acceptors (Lipinski definition) is 3. The van der Waals surface area contributed by atoms with Crippen LogP contribution in [0.15, 0.2) is 56.9 Å². The van der Waals surface area contributed by atoms with Crippen LogP contribution in [-0.4, -0.2) is 5.16 Å². The highest BCUT2D eigenvalue weighted by molar-refractivity contribution is 7.98. The zero-order valence-corrected chi connectivity index (χ0v) is 17.0. The zero-order chi connectivity index (χ0) is 18.7. The van der Waals surface area contributed by atoms with Gasteiger partial charge in [0.15, 0.2) is 5.76 Å². The Bertz CT molecular complexity index is 937. The number of allylic oxidation sites excluding steroid dienone is 1. The first-order valence-electron chi connectivity index (χ1n) is 8.53. The van der Waals surface area contributed by atoms with E-state index in [0.717, 1.165) is 38.9 Å². The maximum atomic E-state index is 5.96. The van der Waals surface area contributed by atoms with E-state index in [-0.39, 0.29) is 0 Å². The van der Waals surface area contributed by atoms with Crippen LogP contribution in [0, 0.1) is 20.8 Å². The van der Waals surface area contributed by atoms with Gasteiger partial charge in [-0.2, -0.15) is 0 Å². The summed E-state index contributed by atoms with van der Waals surface area (Å²) >= 11 is 7.74. The molecule has 26 heavy (non-hydrogen) atoms. The molecule has 0 amide bonds. The Morgan fingerprint density at radius 3 is 2.50 bits per heavy atom. The molecule has 0 aliphatic heterocycles. The van der Waals surface area contributed by atoms with Crippen molar-refractivity contribution in [3.63, 3.8) is 0 Å². The summed E-state index contributed by atoms with van der Waals surface area (Å²) in [5.74, 6) is 1.64. The highest BCUT2D eigenvalue weighted by Crippen LogP contribution is 2.31. The third-order valence-electron chi connectivity index (χ3n) is 4.26. The van der Waals surface area contributed by atoms with E-state index in [1.54, 1.807) is 11.8 Å². The number of aromatic nitrogens is 1. The van der Waals surface area contributed by atoms with Crippen LogP contribution in [0.5, 0.6) is 0 Å². The Hall–Kier alpha value is -1.97. The summed E-state index contributed by atoms with van der Waals surface area (Å²) in [6.07, 6.45) is 1.97. The number of benzene rings is 2. The summed E-state index contributed by atoms with van der Waals surface area (Å²) in [6.45, 7) is 8.16. The lowest BCUT2D eigenvalue weighted by Crippen LogP contribution is -1.87. The molecule has 0 aliphatic rings. The molecule has 2 nitrogen and oxygen atoms in total. The van der Waals surface area contributed by atoms with E-state index < -0.39 is 0 Å². The molecule has 0 spiro atoms. The van der Waals surface area contributed by atoms with Crippen LogP contribution < -0.4 is 0 Å². The molecule has 0 unspecified atom stereocenters. The number of aryl methyl sites for hydroxylation is 2. The van der Waals surface area contributed by atoms with E-state index in [1.165, 1.54) is 16.0 Å². The molecule has 0 N–H and O–H groups in total. The SMILES string of the molecule is C/C(Cl)=C/c1ccc(SCc2noc(-c3ccc(C)cc3)c2C)c(C)c1. The molecule has 2 aromatic carbocycles. The third-order valence-corrected chi connectivity index (χ3v) is 5.56. The second-order valence-electron chi connectivity index (χ2n) is 6.49. The second kappa shape index (κ2) is 8.15. The lowest BCUT2D eigenvalue weighted by atomic mass is 10.1. The van der Waals surface area contributed by atoms with Crippen molar-refractivity contribution in [2.24, 2.45) is 0 Å². The zero-order valence-electron chi connectivity index (χ0n) is 15.5. The second-order valence-corrected chi connectivity index (χ2v) is 8.11. The molecule has 3 aromatic rings. The lowest BCUT2D eigenvalue weighted by Gasteiger charge is -2.06. The van der Waals surface area contributed by atoms with Gasteiger partial charge in [0, 0.05) is 26.8 Å². The lowest BCUT2D eigenvalue weighted by molar-refractivity contribution is 0.426. The van der Waals surface area contributed by atoms with Crippen LogP contribution in [0.3, 0.4) is 0 Å². The minimum Gasteiger partial charge on any atom is -0.356 e. The normalized spacial score (nSPS) is 11.8. The predicted molar refractivity (Wildman–Crippen MR) is 112 cm³/mol. The van der Waals surface area contributed by atoms with Crippen molar-refractivity contribution >= 4 is 29.4 Å². The van der Waals surface area contributed by atoms with Crippen LogP contribution in [0.4, 0.5) is 0 Å². The fourth-order valence-corrected chi connectivity index (χ4v) is 3.92. The minimum atomic E-state index is 0.783. The quantitative estimate of drug-likeness (QED) is 0.437. The van der Waals surface area contributed by atoms with Crippen LogP contribution in [0.25, 0.3) is 17.4 Å². The van der Waals surface area contributed by atoms with Gasteiger partial charge in [-0.3, -0.25) is 0 Å². The molecule has 0 aliphatic carbocycles. The van der Waals surface area contributed by atoms with E-state index in [9.17, 15) is 0 Å². The summed E-state index contributed by atoms with van der Waals surface area (Å²) in [5, 5.41) is 5.08. The number of nitrogens with zero attached hydrogens (tertiary/aromatic N) is 1. The molecule has 0 atom stereocenters. The van der Waals surface area contributed by atoms with Crippen LogP contribution in [-0.2, 0) is 5.75 Å². The molecule has 0 radical (unpaired) electrons. The topological polar surface area (TPSA) is 26.0 Å². The van der Waals surface area contributed by atoms with Crippen LogP contribution in [0.2, 0.25) is 0 Å². The smallest absolute Gasteiger partial charge is 0.170 e. The molecule has 1 heterocycles. The van der Waals surface area contributed by atoms with Gasteiger partial charge in [0.1, 0.15) is 0 Å². The van der Waals surface area contributed by atoms with Crippen LogP contribution >= 0.6 is 23.4 Å². The van der Waals surface area contributed by atoms with Gasteiger partial charge in [0.2, 0.25) is 0 Å². The fraction of sp³-hybridized carbons (Fsp3) is 0.227. The van der Waals surface area contributed by atoms with Crippen molar-refractivity contribution < 1.29 is 4.52 Å². The maximum Gasteiger partial charge on any atom is 0.170 e. The molecule has 134 valence electrons. The summed E-state index contributed by atoms with van der Waals surface area (Å²) in [6, 6.07) is 14.7. The van der Waals surface area contributed by atoms with Gasteiger partial charge in [-0.15, -0.1) is 11.8 Å². The first-order valence-corrected chi connectivity index (χ1v) is 9.90. The van der Waals surface area contributed by atoms with Crippen molar-refractivity contribution in [3.8, 4) is 11.3 Å². The maximum absolute atomic E-state index is 5.96. The Labute approximate surface area is 164 Å². The third kappa shape index (κ3) is 4.40. The van der Waals surface area contributed by atoms with Gasteiger partial charge < -0.3 is 4.52 Å². The Kier molecular flexibility index (Phi) is 5.90. The number of halogens is 1. The summed E-state index contributed by atoms with van der Waals surface area (Å²) in [4.78, 5) is 1.24. The Balaban J connectivity index is 1.75. The number of thioether (sulfide) groups is 1. The Morgan fingerprint density at radius 1 is 1.12 bits per heavy atom. The Morgan fingerprint density at radius 2 is 1.85 bits per heavy atom. The summed E-state index contributed by atoms with van der Waals surface area (Å²) in [7, 11) is 0. The molecule has 0 fully saturated rings. The van der Waals surface area contributed by atoms with Crippen LogP contribution in [0.1, 0.15) is 34.9 Å².